The van der Waals surface area contributed by atoms with Crippen molar-refractivity contribution >= 4 is 0 Å². The van der Waals surface area contributed by atoms with E-state index in [0.717, 1.165) is 12.3 Å². The fraction of sp³-hybridized carbons (Fsp3) is 0.167. The highest BCUT2D eigenvalue weighted by Gasteiger charge is 1.96. The van der Waals surface area contributed by atoms with Gasteiger partial charge in [-0.1, -0.05) is 0 Å². The number of aromatic amines is 1. The van der Waals surface area contributed by atoms with Gasteiger partial charge in [0.15, 0.2) is 5.82 Å². The van der Waals surface area contributed by atoms with Crippen LogP contribution in [0.5, 0.6) is 0 Å². The Bertz CT molecular complexity index is 281. The second kappa shape index (κ2) is 2.62. The summed E-state index contributed by atoms with van der Waals surface area (Å²) in [5.41, 5.74) is -0.394. The first kappa shape index (κ1) is 6.95. The molecule has 4 heteroatoms. The smallest absolute Gasteiger partial charge is 0.217 e. The van der Waals surface area contributed by atoms with Gasteiger partial charge < -0.3 is 10.1 Å². The van der Waals surface area contributed by atoms with E-state index in [-0.39, 0.29) is 6.61 Å². The van der Waals surface area contributed by atoms with Crippen LogP contribution in [-0.4, -0.2) is 10.1 Å². The molecule has 0 spiro atoms. The molecule has 1 aromatic rings. The van der Waals surface area contributed by atoms with Crippen LogP contribution in [0.4, 0.5) is 4.39 Å². The van der Waals surface area contributed by atoms with E-state index in [0.29, 0.717) is 5.69 Å². The molecular weight excluding hydrogens is 137 g/mol. The van der Waals surface area contributed by atoms with Crippen molar-refractivity contribution in [1.29, 1.82) is 0 Å². The zero-order valence-corrected chi connectivity index (χ0v) is 5.10. The Balaban J connectivity index is 3.17. The Morgan fingerprint density at radius 1 is 1.70 bits per heavy atom. The first-order valence-electron chi connectivity index (χ1n) is 2.72. The van der Waals surface area contributed by atoms with E-state index in [1.807, 2.05) is 0 Å². The third-order valence-electron chi connectivity index (χ3n) is 1.10. The summed E-state index contributed by atoms with van der Waals surface area (Å²) in [5, 5.41) is 8.46. The van der Waals surface area contributed by atoms with Gasteiger partial charge in [-0.15, -0.1) is 0 Å². The Hall–Kier alpha value is -1.16. The molecule has 0 saturated heterocycles. The molecule has 0 bridgehead atoms. The second-order valence-corrected chi connectivity index (χ2v) is 1.83. The van der Waals surface area contributed by atoms with E-state index in [2.05, 4.69) is 4.98 Å². The molecule has 0 radical (unpaired) electrons. The second-order valence-electron chi connectivity index (χ2n) is 1.83. The first-order chi connectivity index (χ1) is 4.74. The van der Waals surface area contributed by atoms with Crippen LogP contribution in [0.25, 0.3) is 0 Å². The molecule has 0 fully saturated rings. The Morgan fingerprint density at radius 3 is 2.90 bits per heavy atom. The molecule has 3 nitrogen and oxygen atoms in total. The maximum atomic E-state index is 12.2. The van der Waals surface area contributed by atoms with E-state index in [1.165, 1.54) is 0 Å². The van der Waals surface area contributed by atoms with Gasteiger partial charge in [0.2, 0.25) is 5.43 Å². The molecule has 1 rings (SSSR count). The van der Waals surface area contributed by atoms with Gasteiger partial charge in [0, 0.05) is 18.0 Å². The van der Waals surface area contributed by atoms with Crippen molar-refractivity contribution in [2.24, 2.45) is 0 Å². The highest BCUT2D eigenvalue weighted by molar-refractivity contribution is 5.04. The summed E-state index contributed by atoms with van der Waals surface area (Å²) in [4.78, 5) is 12.9. The topological polar surface area (TPSA) is 53.1 Å². The first-order valence-corrected chi connectivity index (χ1v) is 2.72. The summed E-state index contributed by atoms with van der Waals surface area (Å²) >= 11 is 0. The molecule has 0 aliphatic heterocycles. The van der Waals surface area contributed by atoms with Crippen molar-refractivity contribution in [3.05, 3.63) is 34.0 Å². The fourth-order valence-corrected chi connectivity index (χ4v) is 0.587. The van der Waals surface area contributed by atoms with E-state index < -0.39 is 11.2 Å². The predicted molar refractivity (Wildman–Crippen MR) is 32.9 cm³/mol. The third-order valence-corrected chi connectivity index (χ3v) is 1.10. The van der Waals surface area contributed by atoms with Crippen LogP contribution >= 0.6 is 0 Å². The van der Waals surface area contributed by atoms with E-state index in [9.17, 15) is 9.18 Å². The number of pyridine rings is 1. The minimum Gasteiger partial charge on any atom is -0.390 e. The van der Waals surface area contributed by atoms with Crippen LogP contribution in [0, 0.1) is 5.82 Å². The monoisotopic (exact) mass is 143 g/mol. The van der Waals surface area contributed by atoms with Gasteiger partial charge in [-0.05, 0) is 0 Å². The van der Waals surface area contributed by atoms with Gasteiger partial charge in [0.25, 0.3) is 0 Å². The summed E-state index contributed by atoms with van der Waals surface area (Å²) in [6.45, 7) is -0.282. The average Bonchev–Trinajstić information content (AvgIpc) is 1.95. The largest absolute Gasteiger partial charge is 0.390 e. The van der Waals surface area contributed by atoms with Crippen molar-refractivity contribution in [3.8, 4) is 0 Å². The highest BCUT2D eigenvalue weighted by Crippen LogP contribution is 1.90. The summed E-state index contributed by atoms with van der Waals surface area (Å²) in [7, 11) is 0. The average molecular weight is 143 g/mol. The van der Waals surface area contributed by atoms with Crippen LogP contribution in [0.3, 0.4) is 0 Å². The lowest BCUT2D eigenvalue weighted by molar-refractivity contribution is 0.276. The minimum atomic E-state index is -0.836. The van der Waals surface area contributed by atoms with Crippen molar-refractivity contribution in [2.75, 3.05) is 0 Å². The van der Waals surface area contributed by atoms with Crippen molar-refractivity contribution < 1.29 is 9.50 Å². The van der Waals surface area contributed by atoms with E-state index in [4.69, 9.17) is 5.11 Å². The van der Waals surface area contributed by atoms with Gasteiger partial charge in [0.1, 0.15) is 0 Å². The van der Waals surface area contributed by atoms with Gasteiger partial charge in [0.05, 0.1) is 6.61 Å². The van der Waals surface area contributed by atoms with Crippen LogP contribution in [0.2, 0.25) is 0 Å². The number of hydrogen-bond donors (Lipinski definition) is 2. The number of rotatable bonds is 1. The summed E-state index contributed by atoms with van der Waals surface area (Å²) < 4.78 is 12.2. The van der Waals surface area contributed by atoms with Crippen molar-refractivity contribution in [2.45, 2.75) is 6.61 Å². The quantitative estimate of drug-likeness (QED) is 0.581. The molecule has 54 valence electrons. The molecule has 0 aromatic carbocycles. The number of nitrogens with one attached hydrogen (secondary N) is 1. The molecule has 0 atom stereocenters. The highest BCUT2D eigenvalue weighted by atomic mass is 19.1. The zero-order valence-electron chi connectivity index (χ0n) is 5.10. The number of aromatic nitrogens is 1. The summed E-state index contributed by atoms with van der Waals surface area (Å²) in [5.74, 6) is -0.836. The number of aliphatic hydroxyl groups is 1. The molecule has 1 aromatic heterocycles. The lowest BCUT2D eigenvalue weighted by atomic mass is 10.3. The molecular formula is C6H6FNO2. The lowest BCUT2D eigenvalue weighted by Gasteiger charge is -1.92. The predicted octanol–water partition coefficient (Wildman–Crippen LogP) is 0.00630. The zero-order chi connectivity index (χ0) is 7.56. The molecule has 0 aliphatic rings. The van der Waals surface area contributed by atoms with Gasteiger partial charge in [-0.2, -0.15) is 0 Å². The molecule has 2 N–H and O–H groups in total. The van der Waals surface area contributed by atoms with Gasteiger partial charge in [-0.3, -0.25) is 4.79 Å². The Morgan fingerprint density at radius 2 is 2.40 bits per heavy atom. The van der Waals surface area contributed by atoms with Crippen LogP contribution in [-0.2, 0) is 6.61 Å². The van der Waals surface area contributed by atoms with Gasteiger partial charge >= 0.3 is 0 Å². The summed E-state index contributed by atoms with van der Waals surface area (Å²) in [6, 6.07) is 1.02. The van der Waals surface area contributed by atoms with Crippen LogP contribution in [0.15, 0.2) is 17.1 Å². The number of H-pyrrole nitrogens is 1. The summed E-state index contributed by atoms with van der Waals surface area (Å²) in [6.07, 6.45) is 0.924. The number of hydrogen-bond acceptors (Lipinski definition) is 2. The van der Waals surface area contributed by atoms with Crippen molar-refractivity contribution in [1.82, 2.24) is 4.98 Å². The molecule has 0 saturated carbocycles. The lowest BCUT2D eigenvalue weighted by Crippen LogP contribution is -2.07. The maximum Gasteiger partial charge on any atom is 0.217 e. The fourth-order valence-electron chi connectivity index (χ4n) is 0.587. The standard InChI is InChI=1S/C6H6FNO2/c7-5-2-8-4(3-9)1-6(5)10/h1-2,9H,3H2,(H,8,10). The molecule has 1 heterocycles. The molecule has 0 aliphatic carbocycles. The minimum absolute atomic E-state index is 0.282. The van der Waals surface area contributed by atoms with E-state index in [1.54, 1.807) is 0 Å². The maximum absolute atomic E-state index is 12.2. The van der Waals surface area contributed by atoms with E-state index >= 15 is 0 Å². The Labute approximate surface area is 56.1 Å². The number of aliphatic hydroxyl groups excluding tert-OH is 1. The molecule has 10 heavy (non-hydrogen) atoms. The SMILES string of the molecule is O=c1cc(CO)[nH]cc1F. The Kier molecular flexibility index (Phi) is 1.82. The third kappa shape index (κ3) is 1.22. The van der Waals surface area contributed by atoms with Crippen molar-refractivity contribution in [3.63, 3.8) is 0 Å². The number of halogens is 1. The normalized spacial score (nSPS) is 9.80. The van der Waals surface area contributed by atoms with Crippen LogP contribution < -0.4 is 5.43 Å². The van der Waals surface area contributed by atoms with Gasteiger partial charge in [-0.25, -0.2) is 4.39 Å². The van der Waals surface area contributed by atoms with Crippen LogP contribution in [0.1, 0.15) is 5.69 Å². The molecule has 0 unspecified atom stereocenters. The molecule has 0 amide bonds.